The highest BCUT2D eigenvalue weighted by Gasteiger charge is 2.18. The van der Waals surface area contributed by atoms with Crippen molar-refractivity contribution in [2.75, 3.05) is 25.1 Å². The number of halogens is 1. The molecule has 3 N–H and O–H groups in total. The third-order valence-electron chi connectivity index (χ3n) is 3.28. The maximum Gasteiger partial charge on any atom is 0.319 e. The average Bonchev–Trinajstić information content (AvgIpc) is 2.51. The zero-order valence-corrected chi connectivity index (χ0v) is 12.5. The number of carboxylic acids is 1. The number of rotatable bonds is 6. The fourth-order valence-electron chi connectivity index (χ4n) is 2.12. The van der Waals surface area contributed by atoms with Crippen molar-refractivity contribution >= 4 is 17.7 Å². The molecule has 0 bridgehead atoms. The van der Waals surface area contributed by atoms with Gasteiger partial charge in [0.15, 0.2) is 0 Å². The van der Waals surface area contributed by atoms with Crippen molar-refractivity contribution in [1.29, 1.82) is 0 Å². The summed E-state index contributed by atoms with van der Waals surface area (Å²) in [4.78, 5) is 22.1. The molecule has 0 unspecified atom stereocenters. The number of nitrogens with one attached hydrogen (secondary N) is 2. The SMILES string of the molecule is O=C(O)CCNC(=O)Nc1ccc(F)cc1OC1CCOCC1. The molecule has 0 atom stereocenters. The van der Waals surface area contributed by atoms with Gasteiger partial charge in [0.2, 0.25) is 0 Å². The molecule has 2 amide bonds. The summed E-state index contributed by atoms with van der Waals surface area (Å²) in [5.41, 5.74) is 0.325. The van der Waals surface area contributed by atoms with Gasteiger partial charge in [-0.3, -0.25) is 4.79 Å². The molecular formula is C15H19FN2O5. The van der Waals surface area contributed by atoms with E-state index in [2.05, 4.69) is 10.6 Å². The fourth-order valence-corrected chi connectivity index (χ4v) is 2.12. The molecule has 1 aromatic rings. The van der Waals surface area contributed by atoms with Crippen LogP contribution in [0.4, 0.5) is 14.9 Å². The molecule has 8 heteroatoms. The van der Waals surface area contributed by atoms with Crippen LogP contribution < -0.4 is 15.4 Å². The predicted octanol–water partition coefficient (Wildman–Crippen LogP) is 1.98. The van der Waals surface area contributed by atoms with Gasteiger partial charge in [-0.05, 0) is 12.1 Å². The Morgan fingerprint density at radius 1 is 1.35 bits per heavy atom. The fraction of sp³-hybridized carbons (Fsp3) is 0.467. The quantitative estimate of drug-likeness (QED) is 0.743. The molecule has 1 aliphatic rings. The Morgan fingerprint density at radius 2 is 2.09 bits per heavy atom. The molecular weight excluding hydrogens is 307 g/mol. The highest BCUT2D eigenvalue weighted by Crippen LogP contribution is 2.28. The lowest BCUT2D eigenvalue weighted by Crippen LogP contribution is -2.31. The van der Waals surface area contributed by atoms with E-state index in [-0.39, 0.29) is 24.8 Å². The summed E-state index contributed by atoms with van der Waals surface area (Å²) < 4.78 is 24.4. The number of benzene rings is 1. The van der Waals surface area contributed by atoms with Crippen LogP contribution in [0.25, 0.3) is 0 Å². The second-order valence-electron chi connectivity index (χ2n) is 5.09. The van der Waals surface area contributed by atoms with E-state index in [1.54, 1.807) is 0 Å². The van der Waals surface area contributed by atoms with E-state index in [1.165, 1.54) is 18.2 Å². The van der Waals surface area contributed by atoms with Gasteiger partial charge in [0.1, 0.15) is 17.7 Å². The largest absolute Gasteiger partial charge is 0.488 e. The number of hydrogen-bond donors (Lipinski definition) is 3. The summed E-state index contributed by atoms with van der Waals surface area (Å²) in [6, 6.07) is 3.25. The van der Waals surface area contributed by atoms with Crippen LogP contribution in [-0.2, 0) is 9.53 Å². The van der Waals surface area contributed by atoms with Crippen molar-refractivity contribution in [2.45, 2.75) is 25.4 Å². The Kier molecular flexibility index (Phi) is 6.16. The van der Waals surface area contributed by atoms with Crippen molar-refractivity contribution < 1.29 is 28.6 Å². The van der Waals surface area contributed by atoms with Crippen LogP contribution in [0.2, 0.25) is 0 Å². The molecule has 1 heterocycles. The normalized spacial score (nSPS) is 15.0. The molecule has 0 aliphatic carbocycles. The molecule has 0 saturated carbocycles. The summed E-state index contributed by atoms with van der Waals surface area (Å²) in [6.07, 6.45) is 1.12. The van der Waals surface area contributed by atoms with Gasteiger partial charge in [0, 0.05) is 25.5 Å². The van der Waals surface area contributed by atoms with E-state index in [1.807, 2.05) is 0 Å². The number of amides is 2. The lowest BCUT2D eigenvalue weighted by Gasteiger charge is -2.24. The van der Waals surface area contributed by atoms with Crippen LogP contribution in [0.5, 0.6) is 5.75 Å². The summed E-state index contributed by atoms with van der Waals surface area (Å²) >= 11 is 0. The number of anilines is 1. The topological polar surface area (TPSA) is 96.9 Å². The van der Waals surface area contributed by atoms with Gasteiger partial charge in [-0.15, -0.1) is 0 Å². The molecule has 2 rings (SSSR count). The molecule has 1 fully saturated rings. The molecule has 126 valence electrons. The van der Waals surface area contributed by atoms with Crippen molar-refractivity contribution in [2.24, 2.45) is 0 Å². The molecule has 23 heavy (non-hydrogen) atoms. The number of ether oxygens (including phenoxy) is 2. The summed E-state index contributed by atoms with van der Waals surface area (Å²) in [7, 11) is 0. The second-order valence-corrected chi connectivity index (χ2v) is 5.09. The van der Waals surface area contributed by atoms with Crippen molar-refractivity contribution in [3.63, 3.8) is 0 Å². The number of aliphatic carboxylic acids is 1. The molecule has 1 aromatic carbocycles. The molecule has 1 saturated heterocycles. The van der Waals surface area contributed by atoms with Crippen molar-refractivity contribution in [1.82, 2.24) is 5.32 Å². The van der Waals surface area contributed by atoms with E-state index in [9.17, 15) is 14.0 Å². The van der Waals surface area contributed by atoms with Crippen molar-refractivity contribution in [3.05, 3.63) is 24.0 Å². The Labute approximate surface area is 132 Å². The number of carboxylic acid groups (broad SMARTS) is 1. The number of urea groups is 1. The molecule has 7 nitrogen and oxygen atoms in total. The van der Waals surface area contributed by atoms with Gasteiger partial charge in [-0.1, -0.05) is 0 Å². The van der Waals surface area contributed by atoms with E-state index in [0.29, 0.717) is 31.7 Å². The summed E-state index contributed by atoms with van der Waals surface area (Å²) in [5.74, 6) is -1.23. The minimum Gasteiger partial charge on any atom is -0.488 e. The summed E-state index contributed by atoms with van der Waals surface area (Å²) in [6.45, 7) is 1.16. The number of carbonyl (C=O) groups excluding carboxylic acids is 1. The van der Waals surface area contributed by atoms with Gasteiger partial charge in [0.25, 0.3) is 0 Å². The lowest BCUT2D eigenvalue weighted by atomic mass is 10.1. The van der Waals surface area contributed by atoms with Crippen LogP contribution in [0.3, 0.4) is 0 Å². The maximum atomic E-state index is 13.4. The van der Waals surface area contributed by atoms with Gasteiger partial charge < -0.3 is 25.2 Å². The highest BCUT2D eigenvalue weighted by atomic mass is 19.1. The first kappa shape index (κ1) is 17.0. The van der Waals surface area contributed by atoms with Crippen LogP contribution in [-0.4, -0.2) is 43.0 Å². The average molecular weight is 326 g/mol. The Bertz CT molecular complexity index is 561. The predicted molar refractivity (Wildman–Crippen MR) is 80.1 cm³/mol. The maximum absolute atomic E-state index is 13.4. The lowest BCUT2D eigenvalue weighted by molar-refractivity contribution is -0.136. The highest BCUT2D eigenvalue weighted by molar-refractivity contribution is 5.91. The summed E-state index contributed by atoms with van der Waals surface area (Å²) in [5, 5.41) is 13.5. The molecule has 0 radical (unpaired) electrons. The van der Waals surface area contributed by atoms with Crippen LogP contribution in [0, 0.1) is 5.82 Å². The van der Waals surface area contributed by atoms with Gasteiger partial charge in [-0.2, -0.15) is 0 Å². The van der Waals surface area contributed by atoms with E-state index in [4.69, 9.17) is 14.6 Å². The van der Waals surface area contributed by atoms with Gasteiger partial charge in [-0.25, -0.2) is 9.18 Å². The van der Waals surface area contributed by atoms with E-state index >= 15 is 0 Å². The first-order chi connectivity index (χ1) is 11.0. The third kappa shape index (κ3) is 5.74. The second kappa shape index (κ2) is 8.33. The van der Waals surface area contributed by atoms with Crippen LogP contribution in [0.1, 0.15) is 19.3 Å². The number of carbonyl (C=O) groups is 2. The Morgan fingerprint density at radius 3 is 2.78 bits per heavy atom. The first-order valence-electron chi connectivity index (χ1n) is 7.35. The van der Waals surface area contributed by atoms with E-state index < -0.39 is 17.8 Å². The minimum absolute atomic E-state index is 0.00147. The van der Waals surface area contributed by atoms with Gasteiger partial charge in [0.05, 0.1) is 25.3 Å². The van der Waals surface area contributed by atoms with Crippen LogP contribution in [0.15, 0.2) is 18.2 Å². The molecule has 0 spiro atoms. The third-order valence-corrected chi connectivity index (χ3v) is 3.28. The monoisotopic (exact) mass is 326 g/mol. The minimum atomic E-state index is -1.00. The zero-order chi connectivity index (χ0) is 16.7. The Balaban J connectivity index is 1.96. The van der Waals surface area contributed by atoms with Crippen molar-refractivity contribution in [3.8, 4) is 5.75 Å². The standard InChI is InChI=1S/C15H19FN2O5/c16-10-1-2-12(18-15(21)17-6-3-14(19)20)13(9-10)23-11-4-7-22-8-5-11/h1-2,9,11H,3-8H2,(H,19,20)(H2,17,18,21). The zero-order valence-electron chi connectivity index (χ0n) is 12.5. The molecule has 0 aromatic heterocycles. The Hall–Kier alpha value is -2.35. The smallest absolute Gasteiger partial charge is 0.319 e. The van der Waals surface area contributed by atoms with E-state index in [0.717, 1.165) is 0 Å². The molecule has 1 aliphatic heterocycles. The van der Waals surface area contributed by atoms with Crippen LogP contribution >= 0.6 is 0 Å². The number of hydrogen-bond acceptors (Lipinski definition) is 4. The van der Waals surface area contributed by atoms with Gasteiger partial charge >= 0.3 is 12.0 Å². The first-order valence-corrected chi connectivity index (χ1v) is 7.35.